The summed E-state index contributed by atoms with van der Waals surface area (Å²) < 4.78 is 7.37. The van der Waals surface area contributed by atoms with E-state index in [9.17, 15) is 4.79 Å². The molecule has 0 spiro atoms. The lowest BCUT2D eigenvalue weighted by Crippen LogP contribution is -2.37. The van der Waals surface area contributed by atoms with Crippen molar-refractivity contribution in [3.05, 3.63) is 66.3 Å². The molecule has 1 N–H and O–H groups in total. The molecule has 4 rings (SSSR count). The lowest BCUT2D eigenvalue weighted by molar-refractivity contribution is 0.145. The molecule has 0 fully saturated rings. The van der Waals surface area contributed by atoms with E-state index in [1.165, 1.54) is 11.2 Å². The molecule has 1 unspecified atom stereocenters. The first-order valence-electron chi connectivity index (χ1n) is 9.19. The number of tetrazole rings is 1. The van der Waals surface area contributed by atoms with E-state index in [1.807, 2.05) is 55.6 Å². The predicted molar refractivity (Wildman–Crippen MR) is 104 cm³/mol. The predicted octanol–water partition coefficient (Wildman–Crippen LogP) is 2.65. The quantitative estimate of drug-likeness (QED) is 0.711. The first-order valence-corrected chi connectivity index (χ1v) is 9.19. The van der Waals surface area contributed by atoms with Gasteiger partial charge in [0.05, 0.1) is 11.4 Å². The van der Waals surface area contributed by atoms with Crippen molar-refractivity contribution in [3.63, 3.8) is 0 Å². The maximum Gasteiger partial charge on any atom is 0.407 e. The van der Waals surface area contributed by atoms with Gasteiger partial charge >= 0.3 is 6.09 Å². The Morgan fingerprint density at radius 1 is 1.24 bits per heavy atom. The molecular weight excluding hydrogens is 372 g/mol. The number of ether oxygens (including phenoxy) is 1. The third kappa shape index (κ3) is 4.23. The molecule has 0 aliphatic carbocycles. The molecule has 1 aliphatic heterocycles. The molecule has 0 saturated carbocycles. The summed E-state index contributed by atoms with van der Waals surface area (Å²) in [6, 6.07) is 11.4. The normalized spacial score (nSPS) is 16.4. The van der Waals surface area contributed by atoms with Gasteiger partial charge in [-0.2, -0.15) is 0 Å². The Balaban J connectivity index is 1.37. The molecule has 1 amide bonds. The molecule has 1 aromatic carbocycles. The number of carboxylic acid groups (broad SMARTS) is 1. The van der Waals surface area contributed by atoms with Crippen molar-refractivity contribution < 1.29 is 14.6 Å². The van der Waals surface area contributed by atoms with Crippen molar-refractivity contribution in [2.24, 2.45) is 5.92 Å². The number of nitrogens with zero attached hydrogens (tertiary/aromatic N) is 6. The molecule has 1 atom stereocenters. The van der Waals surface area contributed by atoms with Crippen LogP contribution < -0.4 is 4.74 Å². The second-order valence-electron chi connectivity index (χ2n) is 6.82. The lowest BCUT2D eigenvalue weighted by Gasteiger charge is -2.29. The van der Waals surface area contributed by atoms with Gasteiger partial charge in [-0.1, -0.05) is 19.1 Å². The fraction of sp³-hybridized carbons (Fsp3) is 0.250. The zero-order valence-corrected chi connectivity index (χ0v) is 15.8. The maximum atomic E-state index is 11.1. The topological polar surface area (TPSA) is 106 Å². The summed E-state index contributed by atoms with van der Waals surface area (Å²) in [7, 11) is 0. The van der Waals surface area contributed by atoms with E-state index in [1.54, 1.807) is 4.68 Å². The van der Waals surface area contributed by atoms with Crippen molar-refractivity contribution in [2.45, 2.75) is 13.5 Å². The first kappa shape index (κ1) is 18.6. The summed E-state index contributed by atoms with van der Waals surface area (Å²) in [6.45, 7) is 3.27. The van der Waals surface area contributed by atoms with E-state index < -0.39 is 6.09 Å². The highest BCUT2D eigenvalue weighted by Crippen LogP contribution is 2.27. The standard InChI is InChI=1S/C20H20N6O3/c1-14-11-25(20(27)28)9-8-19(14)15-2-3-16(21-10-15)12-29-18-6-4-17(5-7-18)26-13-22-23-24-26/h2-8,10,13-14H,9,11-12H2,1H3,(H,27,28). The summed E-state index contributed by atoms with van der Waals surface area (Å²) in [5.74, 6) is 0.854. The lowest BCUT2D eigenvalue weighted by atomic mass is 9.91. The number of rotatable bonds is 5. The van der Waals surface area contributed by atoms with E-state index in [4.69, 9.17) is 9.84 Å². The minimum absolute atomic E-state index is 0.127. The van der Waals surface area contributed by atoms with E-state index >= 15 is 0 Å². The first-order chi connectivity index (χ1) is 14.1. The largest absolute Gasteiger partial charge is 0.487 e. The van der Waals surface area contributed by atoms with Crippen LogP contribution in [0.3, 0.4) is 0 Å². The minimum Gasteiger partial charge on any atom is -0.487 e. The van der Waals surface area contributed by atoms with Gasteiger partial charge in [0.2, 0.25) is 0 Å². The van der Waals surface area contributed by atoms with Gasteiger partial charge in [-0.3, -0.25) is 4.98 Å². The van der Waals surface area contributed by atoms with E-state index in [-0.39, 0.29) is 5.92 Å². The Morgan fingerprint density at radius 3 is 2.69 bits per heavy atom. The minimum atomic E-state index is -0.885. The summed E-state index contributed by atoms with van der Waals surface area (Å²) in [4.78, 5) is 17.0. The van der Waals surface area contributed by atoms with Crippen molar-refractivity contribution in [2.75, 3.05) is 13.1 Å². The summed E-state index contributed by atoms with van der Waals surface area (Å²) in [5, 5.41) is 20.2. The van der Waals surface area contributed by atoms with E-state index in [0.29, 0.717) is 19.7 Å². The number of hydrogen-bond acceptors (Lipinski definition) is 6. The van der Waals surface area contributed by atoms with Crippen LogP contribution in [-0.2, 0) is 6.61 Å². The maximum absolute atomic E-state index is 11.1. The summed E-state index contributed by atoms with van der Waals surface area (Å²) in [6.07, 6.45) is 4.42. The van der Waals surface area contributed by atoms with Crippen LogP contribution in [-0.4, -0.2) is 54.4 Å². The number of carbonyl (C=O) groups is 1. The molecule has 148 valence electrons. The van der Waals surface area contributed by atoms with Gasteiger partial charge in [0.15, 0.2) is 0 Å². The van der Waals surface area contributed by atoms with Crippen molar-refractivity contribution in [3.8, 4) is 11.4 Å². The van der Waals surface area contributed by atoms with Gasteiger partial charge in [-0.25, -0.2) is 9.48 Å². The van der Waals surface area contributed by atoms with Crippen LogP contribution in [0.25, 0.3) is 11.3 Å². The molecule has 1 aliphatic rings. The van der Waals surface area contributed by atoms with Crippen molar-refractivity contribution >= 4 is 11.7 Å². The molecule has 9 nitrogen and oxygen atoms in total. The SMILES string of the molecule is CC1CN(C(=O)O)CC=C1c1ccc(COc2ccc(-n3cnnn3)cc2)nc1. The van der Waals surface area contributed by atoms with Crippen LogP contribution in [0.1, 0.15) is 18.2 Å². The van der Waals surface area contributed by atoms with Gasteiger partial charge in [-0.05, 0) is 57.8 Å². The Kier molecular flexibility index (Phi) is 5.19. The van der Waals surface area contributed by atoms with E-state index in [0.717, 1.165) is 28.3 Å². The zero-order valence-electron chi connectivity index (χ0n) is 15.8. The molecule has 0 bridgehead atoms. The van der Waals surface area contributed by atoms with Gasteiger partial charge in [0, 0.05) is 19.3 Å². The summed E-state index contributed by atoms with van der Waals surface area (Å²) in [5.41, 5.74) is 3.80. The fourth-order valence-corrected chi connectivity index (χ4v) is 3.28. The number of aromatic nitrogens is 5. The monoisotopic (exact) mass is 392 g/mol. The van der Waals surface area contributed by atoms with Crippen molar-refractivity contribution in [1.82, 2.24) is 30.1 Å². The Labute approximate surface area is 167 Å². The zero-order chi connectivity index (χ0) is 20.2. The van der Waals surface area contributed by atoms with Gasteiger partial charge in [0.25, 0.3) is 0 Å². The number of benzene rings is 1. The van der Waals surface area contributed by atoms with Crippen LogP contribution >= 0.6 is 0 Å². The average Bonchev–Trinajstić information content (AvgIpc) is 3.28. The van der Waals surface area contributed by atoms with Gasteiger partial charge in [-0.15, -0.1) is 5.10 Å². The third-order valence-electron chi connectivity index (χ3n) is 4.82. The molecule has 0 radical (unpaired) electrons. The van der Waals surface area contributed by atoms with Crippen LogP contribution in [0.5, 0.6) is 5.75 Å². The Bertz CT molecular complexity index is 1000. The molecule has 2 aromatic heterocycles. The Hall–Kier alpha value is -3.75. The molecule has 9 heteroatoms. The molecule has 0 saturated heterocycles. The number of hydrogen-bond donors (Lipinski definition) is 1. The molecular formula is C20H20N6O3. The van der Waals surface area contributed by atoms with E-state index in [2.05, 4.69) is 20.5 Å². The van der Waals surface area contributed by atoms with Crippen LogP contribution in [0.4, 0.5) is 4.79 Å². The number of amides is 1. The van der Waals surface area contributed by atoms with Crippen LogP contribution in [0.2, 0.25) is 0 Å². The fourth-order valence-electron chi connectivity index (χ4n) is 3.28. The second-order valence-corrected chi connectivity index (χ2v) is 6.82. The number of pyridine rings is 1. The smallest absolute Gasteiger partial charge is 0.407 e. The van der Waals surface area contributed by atoms with Gasteiger partial charge < -0.3 is 14.7 Å². The van der Waals surface area contributed by atoms with Crippen molar-refractivity contribution in [1.29, 1.82) is 0 Å². The van der Waals surface area contributed by atoms with Crippen LogP contribution in [0.15, 0.2) is 55.0 Å². The Morgan fingerprint density at radius 2 is 2.07 bits per heavy atom. The average molecular weight is 392 g/mol. The van der Waals surface area contributed by atoms with Crippen LogP contribution in [0, 0.1) is 5.92 Å². The molecule has 3 heterocycles. The second kappa shape index (κ2) is 8.09. The summed E-state index contributed by atoms with van der Waals surface area (Å²) >= 11 is 0. The molecule has 29 heavy (non-hydrogen) atoms. The highest BCUT2D eigenvalue weighted by atomic mass is 16.5. The van der Waals surface area contributed by atoms with Gasteiger partial charge in [0.1, 0.15) is 18.7 Å². The molecule has 3 aromatic rings. The third-order valence-corrected chi connectivity index (χ3v) is 4.82. The highest BCUT2D eigenvalue weighted by molar-refractivity contribution is 5.72. The highest BCUT2D eigenvalue weighted by Gasteiger charge is 2.23.